The molecule has 2 fully saturated rings. The molecular weight excluding hydrogens is 446 g/mol. The average Bonchev–Trinajstić information content (AvgIpc) is 3.80. The summed E-state index contributed by atoms with van der Waals surface area (Å²) in [6.45, 7) is 0.656. The lowest BCUT2D eigenvalue weighted by atomic mass is 9.41. The van der Waals surface area contributed by atoms with Crippen molar-refractivity contribution in [1.29, 1.82) is 0 Å². The summed E-state index contributed by atoms with van der Waals surface area (Å²) in [4.78, 5) is 20.1. The van der Waals surface area contributed by atoms with Crippen molar-refractivity contribution in [1.82, 2.24) is 19.7 Å². The molecule has 0 saturated heterocycles. The number of hydrogen-bond donors (Lipinski definition) is 0. The molecule has 2 aromatic heterocycles. The third-order valence-electron chi connectivity index (χ3n) is 8.52. The Morgan fingerprint density at radius 3 is 2.81 bits per heavy atom. The lowest BCUT2D eigenvalue weighted by molar-refractivity contribution is 0.0725. The summed E-state index contributed by atoms with van der Waals surface area (Å²) in [5.74, 6) is 1.58. The van der Waals surface area contributed by atoms with Gasteiger partial charge in [-0.05, 0) is 78.1 Å². The average molecular weight is 472 g/mol. The fraction of sp³-hybridized carbons (Fsp3) is 0.321. The zero-order valence-corrected chi connectivity index (χ0v) is 20.6. The highest BCUT2D eigenvalue weighted by Crippen LogP contribution is 2.47. The highest BCUT2D eigenvalue weighted by Gasteiger charge is 2.51. The van der Waals surface area contributed by atoms with Crippen molar-refractivity contribution in [2.45, 2.75) is 49.6 Å². The second kappa shape index (κ2) is 7.02. The van der Waals surface area contributed by atoms with Crippen LogP contribution in [0.1, 0.15) is 58.8 Å². The van der Waals surface area contributed by atoms with E-state index in [9.17, 15) is 4.79 Å². The zero-order chi connectivity index (χ0) is 24.2. The summed E-state index contributed by atoms with van der Waals surface area (Å²) < 4.78 is 8.08. The van der Waals surface area contributed by atoms with Crippen molar-refractivity contribution in [3.8, 4) is 16.9 Å². The van der Waals surface area contributed by atoms with Crippen LogP contribution < -0.4 is 10.2 Å². The van der Waals surface area contributed by atoms with Gasteiger partial charge in [-0.3, -0.25) is 14.5 Å². The topological polar surface area (TPSA) is 60.2 Å². The Hall–Kier alpha value is -3.54. The van der Waals surface area contributed by atoms with Crippen molar-refractivity contribution in [3.63, 3.8) is 0 Å². The van der Waals surface area contributed by atoms with E-state index in [1.165, 1.54) is 40.6 Å². The molecule has 0 bridgehead atoms. The molecule has 8 rings (SSSR count). The summed E-state index contributed by atoms with van der Waals surface area (Å²) >= 11 is 0. The fourth-order valence-electron chi connectivity index (χ4n) is 6.39. The van der Waals surface area contributed by atoms with Gasteiger partial charge in [0.2, 0.25) is 0 Å². The molecule has 8 heteroatoms. The molecule has 1 atom stereocenters. The summed E-state index contributed by atoms with van der Waals surface area (Å²) in [5, 5.41) is 5.48. The monoisotopic (exact) mass is 472 g/mol. The number of aryl methyl sites for hydroxylation is 1. The van der Waals surface area contributed by atoms with Crippen LogP contribution in [0.2, 0.25) is 0 Å². The van der Waals surface area contributed by atoms with Crippen molar-refractivity contribution in [2.75, 3.05) is 0 Å². The molecule has 4 heterocycles. The molecule has 0 radical (unpaired) electrons. The van der Waals surface area contributed by atoms with Crippen LogP contribution in [-0.4, -0.2) is 46.8 Å². The number of hydrogen-bond acceptors (Lipinski definition) is 4. The van der Waals surface area contributed by atoms with Crippen LogP contribution >= 0.6 is 0 Å². The number of benzene rings is 2. The highest BCUT2D eigenvalue weighted by atomic mass is 16.5. The van der Waals surface area contributed by atoms with E-state index in [0.717, 1.165) is 48.0 Å². The van der Waals surface area contributed by atoms with Crippen LogP contribution in [0.25, 0.3) is 22.0 Å². The Morgan fingerprint density at radius 2 is 2.00 bits per heavy atom. The van der Waals surface area contributed by atoms with E-state index < -0.39 is 5.34 Å². The van der Waals surface area contributed by atoms with Gasteiger partial charge in [0.1, 0.15) is 19.1 Å². The van der Waals surface area contributed by atoms with Gasteiger partial charge in [-0.2, -0.15) is 5.10 Å². The molecule has 4 aromatic rings. The van der Waals surface area contributed by atoms with E-state index in [1.807, 2.05) is 30.1 Å². The molecule has 0 N–H and O–H groups in total. The van der Waals surface area contributed by atoms with Gasteiger partial charge >= 0.3 is 0 Å². The van der Waals surface area contributed by atoms with Crippen molar-refractivity contribution < 1.29 is 9.53 Å². The van der Waals surface area contributed by atoms with Crippen molar-refractivity contribution in [3.05, 3.63) is 71.2 Å². The highest BCUT2D eigenvalue weighted by molar-refractivity contribution is 6.67. The van der Waals surface area contributed by atoms with Gasteiger partial charge in [-0.25, -0.2) is 0 Å². The number of carbonyl (C=O) groups is 1. The van der Waals surface area contributed by atoms with Gasteiger partial charge in [0.05, 0.1) is 17.4 Å². The molecule has 36 heavy (non-hydrogen) atoms. The molecule has 2 saturated carbocycles. The first kappa shape index (κ1) is 20.6. The Labute approximate surface area is 211 Å². The number of amides is 1. The predicted octanol–water partition coefficient (Wildman–Crippen LogP) is 2.53. The number of carbonyl (C=O) groups excluding carboxylic acids is 1. The van der Waals surface area contributed by atoms with E-state index in [0.29, 0.717) is 18.6 Å². The lowest BCUT2D eigenvalue weighted by Crippen LogP contribution is -2.57. The van der Waals surface area contributed by atoms with Crippen LogP contribution in [-0.2, 0) is 18.9 Å². The molecular formula is C28H26B2N4O2. The molecule has 2 aliphatic heterocycles. The number of ether oxygens (including phenoxy) is 1. The van der Waals surface area contributed by atoms with Crippen LogP contribution in [0.5, 0.6) is 5.75 Å². The fourth-order valence-corrected chi connectivity index (χ4v) is 6.39. The maximum atomic E-state index is 13.4. The number of pyridine rings is 1. The quantitative estimate of drug-likeness (QED) is 0.429. The van der Waals surface area contributed by atoms with Crippen LogP contribution in [0.4, 0.5) is 0 Å². The Kier molecular flexibility index (Phi) is 4.03. The number of aromatic nitrogens is 3. The first-order valence-electron chi connectivity index (χ1n) is 13.1. The predicted molar refractivity (Wildman–Crippen MR) is 143 cm³/mol. The van der Waals surface area contributed by atoms with Gasteiger partial charge in [0, 0.05) is 36.7 Å². The van der Waals surface area contributed by atoms with Gasteiger partial charge in [-0.15, -0.1) is 0 Å². The van der Waals surface area contributed by atoms with Crippen LogP contribution in [0.15, 0.2) is 48.8 Å². The third kappa shape index (κ3) is 2.90. The van der Waals surface area contributed by atoms with Crippen LogP contribution in [0, 0.1) is 0 Å². The number of rotatable bonds is 4. The minimum Gasteiger partial charge on any atom is -0.488 e. The molecule has 1 amide bonds. The molecule has 2 aliphatic carbocycles. The first-order valence-corrected chi connectivity index (χ1v) is 13.1. The second-order valence-corrected chi connectivity index (χ2v) is 11.2. The molecule has 4 aliphatic rings. The van der Waals surface area contributed by atoms with E-state index >= 15 is 0 Å². The molecule has 0 spiro atoms. The van der Waals surface area contributed by atoms with E-state index in [-0.39, 0.29) is 5.91 Å². The molecule has 2 aromatic carbocycles. The minimum absolute atomic E-state index is 0.111. The lowest BCUT2D eigenvalue weighted by Gasteiger charge is -2.41. The van der Waals surface area contributed by atoms with Gasteiger partial charge < -0.3 is 9.64 Å². The van der Waals surface area contributed by atoms with Gasteiger partial charge in [-0.1, -0.05) is 17.6 Å². The second-order valence-electron chi connectivity index (χ2n) is 11.2. The van der Waals surface area contributed by atoms with Crippen LogP contribution in [0.3, 0.4) is 0 Å². The molecule has 6 nitrogen and oxygen atoms in total. The molecule has 1 unspecified atom stereocenters. The third-order valence-corrected chi connectivity index (χ3v) is 8.52. The van der Waals surface area contributed by atoms with Crippen molar-refractivity contribution in [2.24, 2.45) is 7.05 Å². The van der Waals surface area contributed by atoms with Gasteiger partial charge in [0.25, 0.3) is 5.91 Å². The first-order chi connectivity index (χ1) is 17.5. The van der Waals surface area contributed by atoms with Gasteiger partial charge in [0.15, 0.2) is 7.28 Å². The van der Waals surface area contributed by atoms with E-state index in [1.54, 1.807) is 0 Å². The van der Waals surface area contributed by atoms with Crippen molar-refractivity contribution >= 4 is 37.4 Å². The minimum atomic E-state index is -0.411. The number of fused-ring (bicyclic) bond motifs is 5. The summed E-state index contributed by atoms with van der Waals surface area (Å²) in [7, 11) is 4.94. The summed E-state index contributed by atoms with van der Waals surface area (Å²) in [6.07, 6.45) is 8.95. The normalized spacial score (nSPS) is 22.2. The largest absolute Gasteiger partial charge is 0.488 e. The standard InChI is InChI=1S/C28H26B2N4O2/c1-33-13-22-18(8-9-24(25(22)32-33)36-17-6-7-17)16-11-20(15-4-5-15)21-14-34-27(35)19-3-2-10-31-26(19)28(34,29)30-23(21)12-16/h2-3,8-13,15,17,30H,4-7,14,29H2,1H3. The maximum Gasteiger partial charge on any atom is 0.255 e. The van der Waals surface area contributed by atoms with E-state index in [4.69, 9.17) is 9.84 Å². The summed E-state index contributed by atoms with van der Waals surface area (Å²) in [6, 6.07) is 12.8. The summed E-state index contributed by atoms with van der Waals surface area (Å²) in [5.41, 5.74) is 9.13. The Morgan fingerprint density at radius 1 is 1.14 bits per heavy atom. The Balaban J connectivity index is 1.29. The number of nitrogens with zero attached hydrogens (tertiary/aromatic N) is 4. The maximum absolute atomic E-state index is 13.4. The SMILES string of the molecule is BC12Bc3cc(-c4ccc(OC5CC5)c5nn(C)cc45)cc(C4CC4)c3CN1C(=O)c1cccnc12. The van der Waals surface area contributed by atoms with E-state index in [2.05, 4.69) is 48.2 Å². The zero-order valence-electron chi connectivity index (χ0n) is 20.6. The smallest absolute Gasteiger partial charge is 0.255 e. The molecule has 176 valence electrons. The Bertz CT molecular complexity index is 1610.